The monoisotopic (exact) mass is 350 g/mol. The SMILES string of the molecule is CC(C(N)=O)n1ccc2c(NC(=O)Cc3ccccn3)cccc2c1=O. The van der Waals surface area contributed by atoms with Gasteiger partial charge in [0.15, 0.2) is 0 Å². The van der Waals surface area contributed by atoms with Crippen LogP contribution in [0.25, 0.3) is 10.8 Å². The number of nitrogens with two attached hydrogens (primary N) is 1. The highest BCUT2D eigenvalue weighted by molar-refractivity contribution is 6.02. The molecule has 0 aliphatic heterocycles. The van der Waals surface area contributed by atoms with Crippen LogP contribution in [0, 0.1) is 0 Å². The fraction of sp³-hybridized carbons (Fsp3) is 0.158. The fourth-order valence-electron chi connectivity index (χ4n) is 2.71. The summed E-state index contributed by atoms with van der Waals surface area (Å²) < 4.78 is 1.28. The average molecular weight is 350 g/mol. The number of fused-ring (bicyclic) bond motifs is 1. The molecule has 0 bridgehead atoms. The lowest BCUT2D eigenvalue weighted by molar-refractivity contribution is -0.120. The van der Waals surface area contributed by atoms with Crippen LogP contribution in [0.5, 0.6) is 0 Å². The van der Waals surface area contributed by atoms with E-state index in [-0.39, 0.29) is 17.9 Å². The first-order valence-electron chi connectivity index (χ1n) is 8.10. The number of nitrogens with zero attached hydrogens (tertiary/aromatic N) is 2. The molecule has 3 N–H and O–H groups in total. The lowest BCUT2D eigenvalue weighted by atomic mass is 10.1. The van der Waals surface area contributed by atoms with E-state index in [0.717, 1.165) is 0 Å². The predicted molar refractivity (Wildman–Crippen MR) is 98.7 cm³/mol. The van der Waals surface area contributed by atoms with Crippen LogP contribution in [0.2, 0.25) is 0 Å². The van der Waals surface area contributed by atoms with Gasteiger partial charge in [0.05, 0.1) is 6.42 Å². The molecule has 0 aliphatic carbocycles. The van der Waals surface area contributed by atoms with Gasteiger partial charge in [0.1, 0.15) is 6.04 Å². The van der Waals surface area contributed by atoms with Gasteiger partial charge in [-0.25, -0.2) is 0 Å². The van der Waals surface area contributed by atoms with Crippen LogP contribution in [0.4, 0.5) is 5.69 Å². The molecule has 1 unspecified atom stereocenters. The van der Waals surface area contributed by atoms with E-state index in [1.54, 1.807) is 49.5 Å². The number of amides is 2. The van der Waals surface area contributed by atoms with Gasteiger partial charge in [-0.15, -0.1) is 0 Å². The maximum Gasteiger partial charge on any atom is 0.259 e. The molecule has 1 atom stereocenters. The van der Waals surface area contributed by atoms with Crippen molar-refractivity contribution in [2.75, 3.05) is 5.32 Å². The number of aromatic nitrogens is 2. The summed E-state index contributed by atoms with van der Waals surface area (Å²) in [5.74, 6) is -0.822. The molecule has 7 heteroatoms. The molecule has 26 heavy (non-hydrogen) atoms. The number of benzene rings is 1. The maximum absolute atomic E-state index is 12.6. The summed E-state index contributed by atoms with van der Waals surface area (Å²) in [6.07, 6.45) is 3.27. The third-order valence-electron chi connectivity index (χ3n) is 4.14. The topological polar surface area (TPSA) is 107 Å². The van der Waals surface area contributed by atoms with Gasteiger partial charge < -0.3 is 15.6 Å². The average Bonchev–Trinajstić information content (AvgIpc) is 2.63. The maximum atomic E-state index is 12.6. The Morgan fingerprint density at radius 3 is 2.65 bits per heavy atom. The number of hydrogen-bond donors (Lipinski definition) is 2. The van der Waals surface area contributed by atoms with Crippen LogP contribution in [-0.4, -0.2) is 21.4 Å². The number of nitrogens with one attached hydrogen (secondary N) is 1. The molecule has 0 saturated carbocycles. The van der Waals surface area contributed by atoms with Gasteiger partial charge in [-0.2, -0.15) is 0 Å². The first kappa shape index (κ1) is 17.3. The number of hydrogen-bond acceptors (Lipinski definition) is 4. The van der Waals surface area contributed by atoms with Crippen LogP contribution in [0.1, 0.15) is 18.7 Å². The number of carbonyl (C=O) groups is 2. The number of carbonyl (C=O) groups excluding carboxylic acids is 2. The third kappa shape index (κ3) is 3.46. The molecule has 3 rings (SSSR count). The van der Waals surface area contributed by atoms with Crippen LogP contribution in [-0.2, 0) is 16.0 Å². The summed E-state index contributed by atoms with van der Waals surface area (Å²) in [7, 11) is 0. The summed E-state index contributed by atoms with van der Waals surface area (Å²) in [5.41, 5.74) is 6.13. The second kappa shape index (κ2) is 7.18. The summed E-state index contributed by atoms with van der Waals surface area (Å²) in [6.45, 7) is 1.56. The Hall–Kier alpha value is -3.48. The minimum Gasteiger partial charge on any atom is -0.368 e. The van der Waals surface area contributed by atoms with Crippen molar-refractivity contribution >= 4 is 28.3 Å². The highest BCUT2D eigenvalue weighted by Gasteiger charge is 2.15. The van der Waals surface area contributed by atoms with E-state index in [2.05, 4.69) is 10.3 Å². The van der Waals surface area contributed by atoms with E-state index in [4.69, 9.17) is 5.73 Å². The van der Waals surface area contributed by atoms with Gasteiger partial charge >= 0.3 is 0 Å². The van der Waals surface area contributed by atoms with Crippen molar-refractivity contribution in [3.8, 4) is 0 Å². The highest BCUT2D eigenvalue weighted by Crippen LogP contribution is 2.21. The molecule has 0 saturated heterocycles. The molecule has 2 heterocycles. The molecule has 2 amide bonds. The first-order chi connectivity index (χ1) is 12.5. The second-order valence-corrected chi connectivity index (χ2v) is 5.92. The van der Waals surface area contributed by atoms with E-state index in [9.17, 15) is 14.4 Å². The molecule has 0 aliphatic rings. The summed E-state index contributed by atoms with van der Waals surface area (Å²) in [5, 5.41) is 3.81. The predicted octanol–water partition coefficient (Wildman–Crippen LogP) is 1.62. The van der Waals surface area contributed by atoms with Crippen LogP contribution < -0.4 is 16.6 Å². The zero-order chi connectivity index (χ0) is 18.7. The summed E-state index contributed by atoms with van der Waals surface area (Å²) in [4.78, 5) is 40.4. The molecular weight excluding hydrogens is 332 g/mol. The molecular formula is C19H18N4O3. The standard InChI is InChI=1S/C19H18N4O3/c1-12(18(20)25)23-10-8-14-15(19(23)26)6-4-7-16(14)22-17(24)11-13-5-2-3-9-21-13/h2-10,12H,11H2,1H3,(H2,20,25)(H,22,24). The number of anilines is 1. The quantitative estimate of drug-likeness (QED) is 0.729. The van der Waals surface area contributed by atoms with E-state index in [1.807, 2.05) is 6.07 Å². The van der Waals surface area contributed by atoms with E-state index < -0.39 is 11.9 Å². The van der Waals surface area contributed by atoms with Gasteiger partial charge in [0.2, 0.25) is 11.8 Å². The number of pyridine rings is 2. The van der Waals surface area contributed by atoms with Gasteiger partial charge in [0, 0.05) is 34.5 Å². The largest absolute Gasteiger partial charge is 0.368 e. The Kier molecular flexibility index (Phi) is 4.79. The molecule has 2 aromatic heterocycles. The molecule has 0 fully saturated rings. The zero-order valence-corrected chi connectivity index (χ0v) is 14.2. The molecule has 132 valence electrons. The van der Waals surface area contributed by atoms with Crippen molar-refractivity contribution in [3.63, 3.8) is 0 Å². The minimum absolute atomic E-state index is 0.132. The first-order valence-corrected chi connectivity index (χ1v) is 8.10. The van der Waals surface area contributed by atoms with E-state index in [0.29, 0.717) is 22.2 Å². The Morgan fingerprint density at radius 2 is 1.96 bits per heavy atom. The number of rotatable bonds is 5. The van der Waals surface area contributed by atoms with Crippen LogP contribution >= 0.6 is 0 Å². The van der Waals surface area contributed by atoms with Gasteiger partial charge in [0.25, 0.3) is 5.56 Å². The van der Waals surface area contributed by atoms with E-state index in [1.165, 1.54) is 10.8 Å². The second-order valence-electron chi connectivity index (χ2n) is 5.92. The van der Waals surface area contributed by atoms with Crippen molar-refractivity contribution < 1.29 is 9.59 Å². The smallest absolute Gasteiger partial charge is 0.259 e. The summed E-state index contributed by atoms with van der Waals surface area (Å²) >= 11 is 0. The lowest BCUT2D eigenvalue weighted by Gasteiger charge is -2.14. The minimum atomic E-state index is -0.755. The Morgan fingerprint density at radius 1 is 1.15 bits per heavy atom. The number of primary amides is 1. The molecule has 0 radical (unpaired) electrons. The lowest BCUT2D eigenvalue weighted by Crippen LogP contribution is -2.31. The Labute approximate surface area is 149 Å². The van der Waals surface area contributed by atoms with Crippen LogP contribution in [0.3, 0.4) is 0 Å². The van der Waals surface area contributed by atoms with E-state index >= 15 is 0 Å². The zero-order valence-electron chi connectivity index (χ0n) is 14.2. The molecule has 0 spiro atoms. The highest BCUT2D eigenvalue weighted by atomic mass is 16.2. The van der Waals surface area contributed by atoms with Gasteiger partial charge in [-0.3, -0.25) is 19.4 Å². The Balaban J connectivity index is 1.92. The van der Waals surface area contributed by atoms with Crippen molar-refractivity contribution in [3.05, 3.63) is 70.9 Å². The van der Waals surface area contributed by atoms with Gasteiger partial charge in [-0.1, -0.05) is 12.1 Å². The fourth-order valence-corrected chi connectivity index (χ4v) is 2.71. The van der Waals surface area contributed by atoms with Crippen molar-refractivity contribution in [2.45, 2.75) is 19.4 Å². The molecule has 3 aromatic rings. The van der Waals surface area contributed by atoms with Crippen molar-refractivity contribution in [1.82, 2.24) is 9.55 Å². The Bertz CT molecular complexity index is 1030. The van der Waals surface area contributed by atoms with Crippen molar-refractivity contribution in [2.24, 2.45) is 5.73 Å². The van der Waals surface area contributed by atoms with Crippen molar-refractivity contribution in [1.29, 1.82) is 0 Å². The van der Waals surface area contributed by atoms with Crippen LogP contribution in [0.15, 0.2) is 59.7 Å². The summed E-state index contributed by atoms with van der Waals surface area (Å²) in [6, 6.07) is 11.4. The van der Waals surface area contributed by atoms with Gasteiger partial charge in [-0.05, 0) is 37.3 Å². The third-order valence-corrected chi connectivity index (χ3v) is 4.14. The normalized spacial score (nSPS) is 11.9. The molecule has 7 nitrogen and oxygen atoms in total. The molecule has 1 aromatic carbocycles.